The number of rotatable bonds is 4. The topological polar surface area (TPSA) is 50.2 Å². The highest BCUT2D eigenvalue weighted by atomic mass is 32.1. The molecule has 0 aliphatic carbocycles. The first kappa shape index (κ1) is 12.5. The molecule has 0 spiro atoms. The molecule has 20 heavy (non-hydrogen) atoms. The summed E-state index contributed by atoms with van der Waals surface area (Å²) in [4.78, 5) is 8.51. The largest absolute Gasteiger partial charge is 0.264 e. The summed E-state index contributed by atoms with van der Waals surface area (Å²) < 4.78 is 0. The molecule has 0 unspecified atom stereocenters. The lowest BCUT2D eigenvalue weighted by Crippen LogP contribution is -1.90. The van der Waals surface area contributed by atoms with Gasteiger partial charge >= 0.3 is 0 Å². The van der Waals surface area contributed by atoms with Crippen LogP contribution in [0.15, 0.2) is 65.3 Å². The van der Waals surface area contributed by atoms with Crippen LogP contribution in [0, 0.1) is 0 Å². The van der Waals surface area contributed by atoms with Crippen LogP contribution >= 0.6 is 11.3 Å². The highest BCUT2D eigenvalue weighted by Crippen LogP contribution is 2.24. The van der Waals surface area contributed by atoms with E-state index in [4.69, 9.17) is 0 Å². The number of hydrogen-bond donors (Lipinski definition) is 1. The van der Waals surface area contributed by atoms with E-state index < -0.39 is 0 Å². The molecule has 0 saturated heterocycles. The number of nitrogens with zero attached hydrogens (tertiary/aromatic N) is 3. The van der Waals surface area contributed by atoms with E-state index >= 15 is 0 Å². The van der Waals surface area contributed by atoms with Crippen molar-refractivity contribution in [2.24, 2.45) is 5.10 Å². The van der Waals surface area contributed by atoms with Gasteiger partial charge in [-0.25, -0.2) is 4.98 Å². The maximum absolute atomic E-state index is 4.49. The Morgan fingerprint density at radius 3 is 2.80 bits per heavy atom. The first-order chi connectivity index (χ1) is 9.92. The van der Waals surface area contributed by atoms with Crippen LogP contribution in [0.2, 0.25) is 0 Å². The van der Waals surface area contributed by atoms with Gasteiger partial charge in [-0.15, -0.1) is 11.3 Å². The van der Waals surface area contributed by atoms with Gasteiger partial charge in [-0.3, -0.25) is 10.4 Å². The number of hydrazone groups is 1. The monoisotopic (exact) mass is 280 g/mol. The van der Waals surface area contributed by atoms with Gasteiger partial charge in [-0.2, -0.15) is 5.10 Å². The van der Waals surface area contributed by atoms with E-state index in [9.17, 15) is 0 Å². The van der Waals surface area contributed by atoms with Gasteiger partial charge in [0.05, 0.1) is 11.9 Å². The van der Waals surface area contributed by atoms with Gasteiger partial charge in [0.15, 0.2) is 0 Å². The number of benzene rings is 1. The molecule has 2 heterocycles. The maximum Gasteiger partial charge on any atom is 0.203 e. The molecule has 1 N–H and O–H groups in total. The number of nitrogens with one attached hydrogen (secondary N) is 1. The summed E-state index contributed by atoms with van der Waals surface area (Å²) in [5.41, 5.74) is 5.93. The smallest absolute Gasteiger partial charge is 0.203 e. The van der Waals surface area contributed by atoms with Crippen LogP contribution in [0.1, 0.15) is 5.56 Å². The van der Waals surface area contributed by atoms with Crippen LogP contribution in [-0.2, 0) is 0 Å². The van der Waals surface area contributed by atoms with Gasteiger partial charge in [0, 0.05) is 28.9 Å². The second-order valence-electron chi connectivity index (χ2n) is 4.06. The SMILES string of the molecule is C(=N/Nc1nc(-c2ccccc2)cs1)/c1cccnc1. The van der Waals surface area contributed by atoms with E-state index in [1.54, 1.807) is 18.6 Å². The van der Waals surface area contributed by atoms with E-state index in [1.165, 1.54) is 11.3 Å². The van der Waals surface area contributed by atoms with Crippen molar-refractivity contribution < 1.29 is 0 Å². The quantitative estimate of drug-likeness (QED) is 0.586. The minimum Gasteiger partial charge on any atom is -0.264 e. The average molecular weight is 280 g/mol. The van der Waals surface area contributed by atoms with Crippen LogP contribution in [0.5, 0.6) is 0 Å². The normalized spacial score (nSPS) is 10.8. The Bertz CT molecular complexity index is 692. The summed E-state index contributed by atoms with van der Waals surface area (Å²) in [5.74, 6) is 0. The fraction of sp³-hybridized carbons (Fsp3) is 0. The van der Waals surface area contributed by atoms with E-state index in [1.807, 2.05) is 47.8 Å². The molecule has 2 aromatic heterocycles. The van der Waals surface area contributed by atoms with Crippen LogP contribution < -0.4 is 5.43 Å². The number of hydrogen-bond acceptors (Lipinski definition) is 5. The molecule has 3 rings (SSSR count). The van der Waals surface area contributed by atoms with Crippen molar-refractivity contribution in [3.05, 3.63) is 65.8 Å². The lowest BCUT2D eigenvalue weighted by Gasteiger charge is -1.95. The summed E-state index contributed by atoms with van der Waals surface area (Å²) in [5, 5.41) is 6.93. The van der Waals surface area contributed by atoms with Crippen molar-refractivity contribution in [2.75, 3.05) is 5.43 Å². The van der Waals surface area contributed by atoms with Gasteiger partial charge in [0.2, 0.25) is 5.13 Å². The summed E-state index contributed by atoms with van der Waals surface area (Å²) in [6.45, 7) is 0. The Balaban J connectivity index is 1.68. The first-order valence-electron chi connectivity index (χ1n) is 6.12. The van der Waals surface area contributed by atoms with Crippen molar-refractivity contribution in [3.63, 3.8) is 0 Å². The minimum atomic E-state index is 0.768. The molecular weight excluding hydrogens is 268 g/mol. The zero-order valence-electron chi connectivity index (χ0n) is 10.6. The Kier molecular flexibility index (Phi) is 3.80. The Morgan fingerprint density at radius 1 is 1.10 bits per heavy atom. The predicted octanol–water partition coefficient (Wildman–Crippen LogP) is 3.65. The van der Waals surface area contributed by atoms with Gasteiger partial charge in [0.1, 0.15) is 0 Å². The van der Waals surface area contributed by atoms with Gasteiger partial charge in [-0.1, -0.05) is 36.4 Å². The van der Waals surface area contributed by atoms with Crippen molar-refractivity contribution >= 4 is 22.7 Å². The van der Waals surface area contributed by atoms with E-state index in [0.717, 1.165) is 22.0 Å². The Hall–Kier alpha value is -2.53. The van der Waals surface area contributed by atoms with Crippen LogP contribution in [0.25, 0.3) is 11.3 Å². The standard InChI is InChI=1S/C15H12N4S/c1-2-6-13(7-3-1)14-11-20-15(18-14)19-17-10-12-5-4-8-16-9-12/h1-11H,(H,18,19)/b17-10-. The fourth-order valence-corrected chi connectivity index (χ4v) is 2.35. The minimum absolute atomic E-state index is 0.768. The zero-order chi connectivity index (χ0) is 13.6. The molecule has 3 aromatic rings. The molecule has 0 amide bonds. The molecule has 0 radical (unpaired) electrons. The van der Waals surface area contributed by atoms with Gasteiger partial charge in [-0.05, 0) is 6.07 Å². The average Bonchev–Trinajstić information content (AvgIpc) is 2.98. The Morgan fingerprint density at radius 2 is 2.00 bits per heavy atom. The van der Waals surface area contributed by atoms with Crippen molar-refractivity contribution in [1.82, 2.24) is 9.97 Å². The molecule has 0 atom stereocenters. The van der Waals surface area contributed by atoms with Crippen LogP contribution in [0.3, 0.4) is 0 Å². The lowest BCUT2D eigenvalue weighted by molar-refractivity contribution is 1.28. The third-order valence-electron chi connectivity index (χ3n) is 2.63. The number of anilines is 1. The molecule has 0 fully saturated rings. The number of aromatic nitrogens is 2. The third kappa shape index (κ3) is 3.07. The van der Waals surface area contributed by atoms with Crippen molar-refractivity contribution in [1.29, 1.82) is 0 Å². The lowest BCUT2D eigenvalue weighted by atomic mass is 10.2. The van der Waals surface area contributed by atoms with E-state index in [2.05, 4.69) is 20.5 Å². The highest BCUT2D eigenvalue weighted by Gasteiger charge is 2.02. The van der Waals surface area contributed by atoms with Gasteiger partial charge < -0.3 is 0 Å². The molecule has 4 nitrogen and oxygen atoms in total. The molecule has 0 bridgehead atoms. The maximum atomic E-state index is 4.49. The molecular formula is C15H12N4S. The fourth-order valence-electron chi connectivity index (χ4n) is 1.68. The second kappa shape index (κ2) is 6.08. The molecule has 98 valence electrons. The summed E-state index contributed by atoms with van der Waals surface area (Å²) in [6.07, 6.45) is 5.21. The Labute approximate surface area is 120 Å². The summed E-state index contributed by atoms with van der Waals surface area (Å²) in [6, 6.07) is 13.9. The predicted molar refractivity (Wildman–Crippen MR) is 83.0 cm³/mol. The second-order valence-corrected chi connectivity index (χ2v) is 4.92. The summed E-state index contributed by atoms with van der Waals surface area (Å²) in [7, 11) is 0. The molecule has 0 aliphatic rings. The van der Waals surface area contributed by atoms with Crippen LogP contribution in [0.4, 0.5) is 5.13 Å². The van der Waals surface area contributed by atoms with Crippen LogP contribution in [-0.4, -0.2) is 16.2 Å². The van der Waals surface area contributed by atoms with Crippen molar-refractivity contribution in [2.45, 2.75) is 0 Å². The highest BCUT2D eigenvalue weighted by molar-refractivity contribution is 7.14. The number of thiazole rings is 1. The van der Waals surface area contributed by atoms with Gasteiger partial charge in [0.25, 0.3) is 0 Å². The first-order valence-corrected chi connectivity index (χ1v) is 7.00. The number of pyridine rings is 1. The van der Waals surface area contributed by atoms with E-state index in [0.29, 0.717) is 0 Å². The third-order valence-corrected chi connectivity index (χ3v) is 3.38. The van der Waals surface area contributed by atoms with Crippen molar-refractivity contribution in [3.8, 4) is 11.3 Å². The molecule has 5 heteroatoms. The molecule has 1 aromatic carbocycles. The summed E-state index contributed by atoms with van der Waals surface area (Å²) >= 11 is 1.53. The van der Waals surface area contributed by atoms with E-state index in [-0.39, 0.29) is 0 Å². The molecule has 0 aliphatic heterocycles. The molecule has 0 saturated carbocycles. The zero-order valence-corrected chi connectivity index (χ0v) is 11.4.